The highest BCUT2D eigenvalue weighted by Gasteiger charge is 2.16. The largest absolute Gasteiger partial charge is 0.513 e. The zero-order chi connectivity index (χ0) is 10.8. The van der Waals surface area contributed by atoms with Crippen LogP contribution >= 0.6 is 0 Å². The van der Waals surface area contributed by atoms with Crippen LogP contribution < -0.4 is 4.74 Å². The molecule has 0 bridgehead atoms. The predicted molar refractivity (Wildman–Crippen MR) is 54.6 cm³/mol. The van der Waals surface area contributed by atoms with Gasteiger partial charge < -0.3 is 9.47 Å². The van der Waals surface area contributed by atoms with E-state index in [2.05, 4.69) is 16.7 Å². The van der Waals surface area contributed by atoms with E-state index < -0.39 is 6.16 Å². The fraction of sp³-hybridized carbons (Fsp3) is 0.364. The molecule has 1 heterocycles. The van der Waals surface area contributed by atoms with Crippen molar-refractivity contribution in [2.45, 2.75) is 13.1 Å². The Labute approximate surface area is 88.4 Å². The molecule has 0 fully saturated rings. The van der Waals surface area contributed by atoms with Crippen molar-refractivity contribution in [1.82, 2.24) is 4.90 Å². The van der Waals surface area contributed by atoms with Gasteiger partial charge in [0.15, 0.2) is 0 Å². The third-order valence-corrected chi connectivity index (χ3v) is 2.43. The minimum atomic E-state index is -0.679. The van der Waals surface area contributed by atoms with Crippen molar-refractivity contribution in [2.75, 3.05) is 14.2 Å². The van der Waals surface area contributed by atoms with Gasteiger partial charge in [0, 0.05) is 13.1 Å². The second-order valence-corrected chi connectivity index (χ2v) is 3.66. The number of rotatable bonds is 1. The van der Waals surface area contributed by atoms with Crippen molar-refractivity contribution < 1.29 is 14.3 Å². The van der Waals surface area contributed by atoms with Gasteiger partial charge >= 0.3 is 6.16 Å². The van der Waals surface area contributed by atoms with E-state index in [1.165, 1.54) is 18.2 Å². The Balaban J connectivity index is 2.16. The molecule has 0 spiro atoms. The molecule has 0 amide bonds. The van der Waals surface area contributed by atoms with E-state index in [9.17, 15) is 4.79 Å². The SMILES string of the molecule is COC(=O)Oc1ccc2c(c1)CN(C)C2. The summed E-state index contributed by atoms with van der Waals surface area (Å²) in [6, 6.07) is 5.65. The zero-order valence-corrected chi connectivity index (χ0v) is 8.82. The number of hydrogen-bond acceptors (Lipinski definition) is 4. The minimum Gasteiger partial charge on any atom is -0.437 e. The molecule has 0 saturated carbocycles. The molecule has 1 aliphatic heterocycles. The van der Waals surface area contributed by atoms with E-state index in [4.69, 9.17) is 4.74 Å². The number of carbonyl (C=O) groups excluding carboxylic acids is 1. The number of carbonyl (C=O) groups is 1. The molecule has 1 aromatic carbocycles. The Morgan fingerprint density at radius 3 is 2.80 bits per heavy atom. The monoisotopic (exact) mass is 207 g/mol. The van der Waals surface area contributed by atoms with Gasteiger partial charge in [0.2, 0.25) is 0 Å². The van der Waals surface area contributed by atoms with Gasteiger partial charge in [-0.25, -0.2) is 4.79 Å². The summed E-state index contributed by atoms with van der Waals surface area (Å²) in [6.45, 7) is 1.85. The van der Waals surface area contributed by atoms with Crippen molar-refractivity contribution >= 4 is 6.16 Å². The lowest BCUT2D eigenvalue weighted by atomic mass is 10.1. The average molecular weight is 207 g/mol. The van der Waals surface area contributed by atoms with Crippen molar-refractivity contribution in [3.8, 4) is 5.75 Å². The number of fused-ring (bicyclic) bond motifs is 1. The first-order chi connectivity index (χ1) is 7.19. The van der Waals surface area contributed by atoms with E-state index in [0.717, 1.165) is 13.1 Å². The van der Waals surface area contributed by atoms with Crippen LogP contribution in [0.2, 0.25) is 0 Å². The van der Waals surface area contributed by atoms with Crippen LogP contribution in [-0.4, -0.2) is 25.2 Å². The summed E-state index contributed by atoms with van der Waals surface area (Å²) in [5.41, 5.74) is 2.49. The molecule has 0 aromatic heterocycles. The molecule has 4 nitrogen and oxygen atoms in total. The van der Waals surface area contributed by atoms with Gasteiger partial charge in [0.25, 0.3) is 0 Å². The quantitative estimate of drug-likeness (QED) is 0.519. The standard InChI is InChI=1S/C11H13NO3/c1-12-6-8-3-4-10(5-9(8)7-12)15-11(13)14-2/h3-5H,6-7H2,1-2H3. The summed E-state index contributed by atoms with van der Waals surface area (Å²) in [7, 11) is 3.35. The molecule has 0 atom stereocenters. The van der Waals surface area contributed by atoms with Crippen LogP contribution in [0.5, 0.6) is 5.75 Å². The van der Waals surface area contributed by atoms with E-state index in [0.29, 0.717) is 5.75 Å². The maximum Gasteiger partial charge on any atom is 0.513 e. The Hall–Kier alpha value is -1.55. The van der Waals surface area contributed by atoms with Crippen LogP contribution in [0.3, 0.4) is 0 Å². The predicted octanol–water partition coefficient (Wildman–Crippen LogP) is 1.78. The molecular formula is C11H13NO3. The lowest BCUT2D eigenvalue weighted by molar-refractivity contribution is 0.121. The normalized spacial score (nSPS) is 14.8. The highest BCUT2D eigenvalue weighted by atomic mass is 16.7. The van der Waals surface area contributed by atoms with Crippen LogP contribution in [0.25, 0.3) is 0 Å². The molecule has 0 radical (unpaired) electrons. The fourth-order valence-corrected chi connectivity index (χ4v) is 1.74. The van der Waals surface area contributed by atoms with Crippen molar-refractivity contribution in [3.63, 3.8) is 0 Å². The molecule has 15 heavy (non-hydrogen) atoms. The van der Waals surface area contributed by atoms with Crippen LogP contribution in [0.1, 0.15) is 11.1 Å². The van der Waals surface area contributed by atoms with Gasteiger partial charge in [0.1, 0.15) is 5.75 Å². The lowest BCUT2D eigenvalue weighted by Crippen LogP contribution is -2.08. The molecule has 80 valence electrons. The molecule has 0 unspecified atom stereocenters. The summed E-state index contributed by atoms with van der Waals surface area (Å²) in [5.74, 6) is 0.538. The Morgan fingerprint density at radius 1 is 1.33 bits per heavy atom. The van der Waals surface area contributed by atoms with E-state index in [1.54, 1.807) is 6.07 Å². The Morgan fingerprint density at radius 2 is 2.07 bits per heavy atom. The highest BCUT2D eigenvalue weighted by Crippen LogP contribution is 2.25. The molecular weight excluding hydrogens is 194 g/mol. The number of ether oxygens (including phenoxy) is 2. The first-order valence-corrected chi connectivity index (χ1v) is 4.75. The number of nitrogens with zero attached hydrogens (tertiary/aromatic N) is 1. The Bertz CT molecular complexity index is 389. The smallest absolute Gasteiger partial charge is 0.437 e. The summed E-state index contributed by atoms with van der Waals surface area (Å²) < 4.78 is 9.37. The van der Waals surface area contributed by atoms with E-state index in [1.807, 2.05) is 12.1 Å². The van der Waals surface area contributed by atoms with E-state index in [-0.39, 0.29) is 0 Å². The maximum atomic E-state index is 10.9. The number of benzene rings is 1. The molecule has 0 N–H and O–H groups in total. The van der Waals surface area contributed by atoms with Crippen molar-refractivity contribution in [2.24, 2.45) is 0 Å². The maximum absolute atomic E-state index is 10.9. The zero-order valence-electron chi connectivity index (χ0n) is 8.82. The second-order valence-electron chi connectivity index (χ2n) is 3.66. The summed E-state index contributed by atoms with van der Waals surface area (Å²) >= 11 is 0. The second kappa shape index (κ2) is 3.90. The van der Waals surface area contributed by atoms with Gasteiger partial charge in [-0.15, -0.1) is 0 Å². The van der Waals surface area contributed by atoms with Crippen LogP contribution in [0, 0.1) is 0 Å². The molecule has 4 heteroatoms. The molecule has 1 aromatic rings. The Kier molecular flexibility index (Phi) is 2.60. The number of methoxy groups -OCH3 is 1. The first kappa shape index (κ1) is 9.98. The third kappa shape index (κ3) is 2.10. The molecule has 0 saturated heterocycles. The highest BCUT2D eigenvalue weighted by molar-refractivity contribution is 5.63. The first-order valence-electron chi connectivity index (χ1n) is 4.75. The van der Waals surface area contributed by atoms with Gasteiger partial charge in [-0.1, -0.05) is 6.07 Å². The molecule has 0 aliphatic carbocycles. The van der Waals surface area contributed by atoms with Crippen molar-refractivity contribution in [1.29, 1.82) is 0 Å². The van der Waals surface area contributed by atoms with Gasteiger partial charge in [-0.05, 0) is 30.3 Å². The van der Waals surface area contributed by atoms with Gasteiger partial charge in [-0.2, -0.15) is 0 Å². The van der Waals surface area contributed by atoms with Crippen LogP contribution in [0.4, 0.5) is 4.79 Å². The van der Waals surface area contributed by atoms with Gasteiger partial charge in [-0.3, -0.25) is 4.90 Å². The van der Waals surface area contributed by atoms with E-state index >= 15 is 0 Å². The topological polar surface area (TPSA) is 38.8 Å². The summed E-state index contributed by atoms with van der Waals surface area (Å²) in [4.78, 5) is 13.1. The molecule has 2 rings (SSSR count). The minimum absolute atomic E-state index is 0.538. The van der Waals surface area contributed by atoms with Crippen LogP contribution in [-0.2, 0) is 17.8 Å². The number of hydrogen-bond donors (Lipinski definition) is 0. The average Bonchev–Trinajstić information content (AvgIpc) is 2.57. The fourth-order valence-electron chi connectivity index (χ4n) is 1.74. The molecule has 1 aliphatic rings. The third-order valence-electron chi connectivity index (χ3n) is 2.43. The lowest BCUT2D eigenvalue weighted by Gasteiger charge is -2.04. The van der Waals surface area contributed by atoms with Crippen molar-refractivity contribution in [3.05, 3.63) is 29.3 Å². The van der Waals surface area contributed by atoms with Gasteiger partial charge in [0.05, 0.1) is 7.11 Å². The van der Waals surface area contributed by atoms with Crippen LogP contribution in [0.15, 0.2) is 18.2 Å². The summed E-state index contributed by atoms with van der Waals surface area (Å²) in [6.07, 6.45) is -0.679. The summed E-state index contributed by atoms with van der Waals surface area (Å²) in [5, 5.41) is 0.